The monoisotopic (exact) mass is 224 g/mol. The minimum atomic E-state index is 0.448. The third-order valence-corrected chi connectivity index (χ3v) is 4.74. The molecule has 2 aliphatic carbocycles. The standard InChI is InChI=1S/C14H28N2/c1-14(8-5-9-14)11-16-10-12-6-3-2-4-7-13(12)15/h12-13,16H,2-11,15H2,1H3. The highest BCUT2D eigenvalue weighted by Gasteiger charge is 2.31. The summed E-state index contributed by atoms with van der Waals surface area (Å²) in [4.78, 5) is 0. The summed E-state index contributed by atoms with van der Waals surface area (Å²) in [6, 6.07) is 0.448. The number of nitrogens with one attached hydrogen (secondary N) is 1. The summed E-state index contributed by atoms with van der Waals surface area (Å²) in [6.45, 7) is 4.77. The van der Waals surface area contributed by atoms with Crippen LogP contribution in [0.3, 0.4) is 0 Å². The molecule has 0 amide bonds. The maximum absolute atomic E-state index is 6.24. The molecule has 16 heavy (non-hydrogen) atoms. The molecule has 2 heteroatoms. The van der Waals surface area contributed by atoms with Crippen molar-refractivity contribution in [2.75, 3.05) is 13.1 Å². The summed E-state index contributed by atoms with van der Waals surface area (Å²) in [7, 11) is 0. The Morgan fingerprint density at radius 2 is 1.88 bits per heavy atom. The largest absolute Gasteiger partial charge is 0.327 e. The van der Waals surface area contributed by atoms with Gasteiger partial charge in [0.15, 0.2) is 0 Å². The Balaban J connectivity index is 1.67. The van der Waals surface area contributed by atoms with Crippen molar-refractivity contribution >= 4 is 0 Å². The zero-order valence-electron chi connectivity index (χ0n) is 10.8. The zero-order valence-corrected chi connectivity index (χ0v) is 10.8. The van der Waals surface area contributed by atoms with Crippen LogP contribution in [0.4, 0.5) is 0 Å². The average molecular weight is 224 g/mol. The Hall–Kier alpha value is -0.0800. The van der Waals surface area contributed by atoms with Crippen LogP contribution in [0.15, 0.2) is 0 Å². The molecule has 0 aromatic carbocycles. The summed E-state index contributed by atoms with van der Waals surface area (Å²) in [5, 5.41) is 3.68. The van der Waals surface area contributed by atoms with Crippen LogP contribution in [-0.2, 0) is 0 Å². The second kappa shape index (κ2) is 5.50. The van der Waals surface area contributed by atoms with Gasteiger partial charge in [0.05, 0.1) is 0 Å². The highest BCUT2D eigenvalue weighted by atomic mass is 14.9. The molecule has 0 aliphatic heterocycles. The van der Waals surface area contributed by atoms with E-state index in [0.29, 0.717) is 11.5 Å². The fourth-order valence-electron chi connectivity index (χ4n) is 3.18. The van der Waals surface area contributed by atoms with Crippen LogP contribution in [0.25, 0.3) is 0 Å². The van der Waals surface area contributed by atoms with Crippen LogP contribution in [0.2, 0.25) is 0 Å². The van der Waals surface area contributed by atoms with E-state index < -0.39 is 0 Å². The molecule has 0 spiro atoms. The van der Waals surface area contributed by atoms with Crippen molar-refractivity contribution in [2.45, 2.75) is 64.3 Å². The van der Waals surface area contributed by atoms with Crippen molar-refractivity contribution in [3.63, 3.8) is 0 Å². The predicted octanol–water partition coefficient (Wildman–Crippen LogP) is 2.67. The van der Waals surface area contributed by atoms with Crippen LogP contribution in [-0.4, -0.2) is 19.1 Å². The fraction of sp³-hybridized carbons (Fsp3) is 1.00. The van der Waals surface area contributed by atoms with E-state index in [-0.39, 0.29) is 0 Å². The molecular weight excluding hydrogens is 196 g/mol. The Morgan fingerprint density at radius 1 is 1.12 bits per heavy atom. The van der Waals surface area contributed by atoms with E-state index >= 15 is 0 Å². The van der Waals surface area contributed by atoms with Gasteiger partial charge in [0.25, 0.3) is 0 Å². The molecule has 2 aliphatic rings. The third-order valence-electron chi connectivity index (χ3n) is 4.74. The molecule has 2 fully saturated rings. The average Bonchev–Trinajstić information content (AvgIpc) is 2.42. The minimum Gasteiger partial charge on any atom is -0.327 e. The van der Waals surface area contributed by atoms with Crippen molar-refractivity contribution in [3.8, 4) is 0 Å². The maximum Gasteiger partial charge on any atom is 0.00792 e. The Morgan fingerprint density at radius 3 is 2.56 bits per heavy atom. The van der Waals surface area contributed by atoms with Crippen molar-refractivity contribution in [1.82, 2.24) is 5.32 Å². The van der Waals surface area contributed by atoms with Gasteiger partial charge in [-0.2, -0.15) is 0 Å². The predicted molar refractivity (Wildman–Crippen MR) is 69.4 cm³/mol. The van der Waals surface area contributed by atoms with E-state index in [1.165, 1.54) is 57.9 Å². The molecular formula is C14H28N2. The summed E-state index contributed by atoms with van der Waals surface area (Å²) >= 11 is 0. The first-order chi connectivity index (χ1) is 7.70. The van der Waals surface area contributed by atoms with Gasteiger partial charge >= 0.3 is 0 Å². The normalized spacial score (nSPS) is 34.1. The summed E-state index contributed by atoms with van der Waals surface area (Å²) < 4.78 is 0. The summed E-state index contributed by atoms with van der Waals surface area (Å²) in [5.41, 5.74) is 6.84. The molecule has 0 radical (unpaired) electrons. The molecule has 94 valence electrons. The highest BCUT2D eigenvalue weighted by Crippen LogP contribution is 2.39. The molecule has 2 saturated carbocycles. The van der Waals surface area contributed by atoms with Crippen molar-refractivity contribution in [3.05, 3.63) is 0 Å². The SMILES string of the molecule is CC1(CNCC2CCCCCC2N)CCC1. The lowest BCUT2D eigenvalue weighted by Gasteiger charge is -2.39. The van der Waals surface area contributed by atoms with Gasteiger partial charge in [-0.3, -0.25) is 0 Å². The smallest absolute Gasteiger partial charge is 0.00792 e. The quantitative estimate of drug-likeness (QED) is 0.721. The van der Waals surface area contributed by atoms with Crippen LogP contribution < -0.4 is 11.1 Å². The molecule has 2 rings (SSSR count). The summed E-state index contributed by atoms with van der Waals surface area (Å²) in [6.07, 6.45) is 11.0. The first-order valence-electron chi connectivity index (χ1n) is 7.16. The Kier molecular flexibility index (Phi) is 4.26. The van der Waals surface area contributed by atoms with Crippen molar-refractivity contribution in [2.24, 2.45) is 17.1 Å². The molecule has 0 aromatic heterocycles. The number of hydrogen-bond donors (Lipinski definition) is 2. The van der Waals surface area contributed by atoms with E-state index in [4.69, 9.17) is 5.73 Å². The van der Waals surface area contributed by atoms with Gasteiger partial charge in [0.1, 0.15) is 0 Å². The zero-order chi connectivity index (χ0) is 11.4. The highest BCUT2D eigenvalue weighted by molar-refractivity contribution is 4.86. The van der Waals surface area contributed by atoms with Gasteiger partial charge < -0.3 is 11.1 Å². The maximum atomic E-state index is 6.24. The molecule has 2 unspecified atom stereocenters. The van der Waals surface area contributed by atoms with Gasteiger partial charge in [0.2, 0.25) is 0 Å². The molecule has 2 atom stereocenters. The van der Waals surface area contributed by atoms with Gasteiger partial charge in [-0.05, 0) is 43.6 Å². The van der Waals surface area contributed by atoms with Gasteiger partial charge in [-0.15, -0.1) is 0 Å². The molecule has 2 nitrogen and oxygen atoms in total. The van der Waals surface area contributed by atoms with Gasteiger partial charge in [0, 0.05) is 12.6 Å². The van der Waals surface area contributed by atoms with E-state index in [9.17, 15) is 0 Å². The van der Waals surface area contributed by atoms with E-state index in [0.717, 1.165) is 12.5 Å². The topological polar surface area (TPSA) is 38.0 Å². The van der Waals surface area contributed by atoms with Crippen LogP contribution >= 0.6 is 0 Å². The second-order valence-corrected chi connectivity index (χ2v) is 6.36. The number of hydrogen-bond acceptors (Lipinski definition) is 2. The fourth-order valence-corrected chi connectivity index (χ4v) is 3.18. The molecule has 3 N–H and O–H groups in total. The number of rotatable bonds is 4. The van der Waals surface area contributed by atoms with Crippen LogP contribution in [0.1, 0.15) is 58.3 Å². The Labute approximate surface area is 100 Å². The molecule has 0 saturated heterocycles. The summed E-state index contributed by atoms with van der Waals surface area (Å²) in [5.74, 6) is 0.728. The molecule has 0 bridgehead atoms. The number of nitrogens with two attached hydrogens (primary N) is 1. The van der Waals surface area contributed by atoms with E-state index in [1.54, 1.807) is 0 Å². The minimum absolute atomic E-state index is 0.448. The van der Waals surface area contributed by atoms with Crippen molar-refractivity contribution in [1.29, 1.82) is 0 Å². The molecule has 0 heterocycles. The van der Waals surface area contributed by atoms with Crippen LogP contribution in [0.5, 0.6) is 0 Å². The third kappa shape index (κ3) is 3.21. The second-order valence-electron chi connectivity index (χ2n) is 6.36. The van der Waals surface area contributed by atoms with E-state index in [2.05, 4.69) is 12.2 Å². The van der Waals surface area contributed by atoms with Crippen molar-refractivity contribution < 1.29 is 0 Å². The molecule has 0 aromatic rings. The lowest BCUT2D eigenvalue weighted by molar-refractivity contribution is 0.153. The van der Waals surface area contributed by atoms with Gasteiger partial charge in [-0.25, -0.2) is 0 Å². The first kappa shape index (κ1) is 12.4. The van der Waals surface area contributed by atoms with Gasteiger partial charge in [-0.1, -0.05) is 32.6 Å². The van der Waals surface area contributed by atoms with Crippen LogP contribution in [0, 0.1) is 11.3 Å². The Bertz CT molecular complexity index is 211. The first-order valence-corrected chi connectivity index (χ1v) is 7.16. The van der Waals surface area contributed by atoms with E-state index in [1.807, 2.05) is 0 Å². The lowest BCUT2D eigenvalue weighted by Crippen LogP contribution is -2.42. The lowest BCUT2D eigenvalue weighted by atomic mass is 9.70.